The Kier molecular flexibility index (Phi) is 10.8. The van der Waals surface area contributed by atoms with E-state index in [-0.39, 0.29) is 12.0 Å². The summed E-state index contributed by atoms with van der Waals surface area (Å²) in [6, 6.07) is 75.0. The molecule has 0 aliphatic rings. The minimum atomic E-state index is 0.0683. The maximum Gasteiger partial charge on any atom is 0.0513 e. The van der Waals surface area contributed by atoms with Gasteiger partial charge in [-0.05, 0) is 91.9 Å². The summed E-state index contributed by atoms with van der Waals surface area (Å²) in [6.07, 6.45) is 4.77. The molecule has 0 spiro atoms. The van der Waals surface area contributed by atoms with Gasteiger partial charge in [0.2, 0.25) is 0 Å². The summed E-state index contributed by atoms with van der Waals surface area (Å²) >= 11 is 1.87. The maximum atomic E-state index is 3.54. The monoisotopic (exact) mass is 763 g/mol. The largest absolute Gasteiger partial charge is 0.310 e. The summed E-state index contributed by atoms with van der Waals surface area (Å²) in [6.45, 7) is 2.29. The lowest BCUT2D eigenvalue weighted by Crippen LogP contribution is -2.14. The second kappa shape index (κ2) is 16.9. The van der Waals surface area contributed by atoms with E-state index in [9.17, 15) is 0 Å². The molecule has 2 atom stereocenters. The molecule has 9 rings (SSSR count). The second-order valence-corrected chi connectivity index (χ2v) is 16.0. The van der Waals surface area contributed by atoms with Crippen LogP contribution in [0.1, 0.15) is 52.3 Å². The lowest BCUT2D eigenvalue weighted by Gasteiger charge is -2.18. The van der Waals surface area contributed by atoms with E-state index >= 15 is 0 Å². The second-order valence-electron chi connectivity index (χ2n) is 14.9. The Labute approximate surface area is 346 Å². The van der Waals surface area contributed by atoms with E-state index in [1.54, 1.807) is 0 Å². The van der Waals surface area contributed by atoms with Crippen molar-refractivity contribution >= 4 is 42.7 Å². The van der Waals surface area contributed by atoms with Crippen molar-refractivity contribution < 1.29 is 0 Å². The van der Waals surface area contributed by atoms with Crippen molar-refractivity contribution in [3.8, 4) is 22.3 Å². The smallest absolute Gasteiger partial charge is 0.0513 e. The van der Waals surface area contributed by atoms with E-state index in [2.05, 4.69) is 231 Å². The van der Waals surface area contributed by atoms with E-state index in [1.807, 2.05) is 18.4 Å². The number of rotatable bonds is 11. The molecule has 0 aliphatic heterocycles. The molecule has 2 unspecified atom stereocenters. The normalized spacial score (nSPS) is 13.1. The van der Waals surface area contributed by atoms with Crippen molar-refractivity contribution in [1.29, 1.82) is 0 Å². The van der Waals surface area contributed by atoms with Crippen LogP contribution < -0.4 is 5.32 Å². The van der Waals surface area contributed by atoms with Crippen molar-refractivity contribution in [2.45, 2.75) is 18.9 Å². The molecule has 2 heteroatoms. The van der Waals surface area contributed by atoms with Gasteiger partial charge in [-0.3, -0.25) is 0 Å². The Morgan fingerprint density at radius 1 is 0.448 bits per heavy atom. The van der Waals surface area contributed by atoms with Gasteiger partial charge in [0.25, 0.3) is 0 Å². The molecule has 8 aromatic carbocycles. The number of fused-ring (bicyclic) bond motifs is 3. The minimum Gasteiger partial charge on any atom is -0.310 e. The van der Waals surface area contributed by atoms with Crippen LogP contribution >= 0.6 is 11.3 Å². The Balaban J connectivity index is 1.16. The zero-order valence-corrected chi connectivity index (χ0v) is 33.7. The molecule has 0 bridgehead atoms. The fourth-order valence-electron chi connectivity index (χ4n) is 8.23. The predicted molar refractivity (Wildman–Crippen MR) is 250 cm³/mol. The first-order chi connectivity index (χ1) is 28.6. The third-order valence-corrected chi connectivity index (χ3v) is 12.4. The molecule has 1 aromatic heterocycles. The highest BCUT2D eigenvalue weighted by Crippen LogP contribution is 2.45. The first-order valence-electron chi connectivity index (χ1n) is 20.1. The zero-order valence-electron chi connectivity index (χ0n) is 32.8. The molecule has 0 aliphatic carbocycles. The van der Waals surface area contributed by atoms with Gasteiger partial charge in [-0.25, -0.2) is 0 Å². The van der Waals surface area contributed by atoms with Crippen LogP contribution in [0.25, 0.3) is 53.6 Å². The minimum absolute atomic E-state index is 0.0683. The summed E-state index contributed by atoms with van der Waals surface area (Å²) in [7, 11) is 2.03. The van der Waals surface area contributed by atoms with E-state index in [4.69, 9.17) is 0 Å². The number of allylic oxidation sites excluding steroid dienone is 1. The number of nitrogens with one attached hydrogen (secondary N) is 1. The molecule has 0 amide bonds. The molecule has 1 heterocycles. The summed E-state index contributed by atoms with van der Waals surface area (Å²) in [4.78, 5) is 0. The van der Waals surface area contributed by atoms with Crippen molar-refractivity contribution in [1.82, 2.24) is 5.32 Å². The first kappa shape index (κ1) is 37.0. The highest BCUT2D eigenvalue weighted by Gasteiger charge is 2.18. The Hall–Kier alpha value is -6.58. The Bertz CT molecular complexity index is 2830. The van der Waals surface area contributed by atoms with Gasteiger partial charge in [-0.15, -0.1) is 11.3 Å². The standard InChI is InChI=1S/C56H45NS/c1-39(40-17-7-3-8-18-40)37-50(41-19-9-4-10-20-41)44-31-33-47(34-32-44)55-48(35-36-54-56(55)49-25-15-16-26-53(49)58-54)43-27-29-45(30-28-43)51(42-21-11-5-12-22-42)38-52(57-2)46-23-13-6-14-24-46/h3-39,52,57H,1-2H3/b50-37+,51-38-. The summed E-state index contributed by atoms with van der Waals surface area (Å²) < 4.78 is 2.61. The van der Waals surface area contributed by atoms with E-state index in [1.165, 1.54) is 87.0 Å². The summed E-state index contributed by atoms with van der Waals surface area (Å²) in [5.74, 6) is 0.260. The van der Waals surface area contributed by atoms with Crippen LogP contribution in [-0.4, -0.2) is 7.05 Å². The molecular weight excluding hydrogens is 719 g/mol. The Morgan fingerprint density at radius 2 is 0.931 bits per heavy atom. The van der Waals surface area contributed by atoms with E-state index < -0.39 is 0 Å². The van der Waals surface area contributed by atoms with Gasteiger partial charge in [-0.2, -0.15) is 0 Å². The maximum absolute atomic E-state index is 3.54. The quantitative estimate of drug-likeness (QED) is 0.138. The van der Waals surface area contributed by atoms with E-state index in [0.717, 1.165) is 0 Å². The van der Waals surface area contributed by atoms with Crippen LogP contribution in [0, 0.1) is 0 Å². The van der Waals surface area contributed by atoms with Gasteiger partial charge in [0.15, 0.2) is 0 Å². The fourth-order valence-corrected chi connectivity index (χ4v) is 9.35. The van der Waals surface area contributed by atoms with Crippen molar-refractivity contribution in [2.24, 2.45) is 0 Å². The number of hydrogen-bond donors (Lipinski definition) is 1. The fraction of sp³-hybridized carbons (Fsp3) is 0.0714. The first-order valence-corrected chi connectivity index (χ1v) is 20.9. The zero-order chi connectivity index (χ0) is 39.3. The third kappa shape index (κ3) is 7.61. The SMILES string of the molecule is CNC(/C=C(/c1ccccc1)c1ccc(-c2ccc3sc4ccccc4c3c2-c2ccc(/C(=C/C(C)c3ccccc3)c3ccccc3)cc2)cc1)c1ccccc1. The van der Waals surface area contributed by atoms with Gasteiger partial charge in [0, 0.05) is 20.2 Å². The number of thiophene rings is 1. The predicted octanol–water partition coefficient (Wildman–Crippen LogP) is 15.0. The highest BCUT2D eigenvalue weighted by molar-refractivity contribution is 7.26. The lowest BCUT2D eigenvalue weighted by atomic mass is 9.87. The molecule has 0 fully saturated rings. The number of benzene rings is 8. The number of hydrogen-bond acceptors (Lipinski definition) is 2. The van der Waals surface area contributed by atoms with Gasteiger partial charge < -0.3 is 5.32 Å². The summed E-state index contributed by atoms with van der Waals surface area (Å²) in [5.41, 5.74) is 14.7. The molecule has 58 heavy (non-hydrogen) atoms. The van der Waals surface area contributed by atoms with Crippen LogP contribution in [0.2, 0.25) is 0 Å². The van der Waals surface area contributed by atoms with Crippen LogP contribution in [0.3, 0.4) is 0 Å². The van der Waals surface area contributed by atoms with Crippen LogP contribution in [-0.2, 0) is 0 Å². The average Bonchev–Trinajstić information content (AvgIpc) is 3.68. The topological polar surface area (TPSA) is 12.0 Å². The van der Waals surface area contributed by atoms with Gasteiger partial charge >= 0.3 is 0 Å². The number of likely N-dealkylation sites (N-methyl/N-ethyl adjacent to an activating group) is 1. The van der Waals surface area contributed by atoms with Crippen molar-refractivity contribution in [3.63, 3.8) is 0 Å². The molecule has 0 radical (unpaired) electrons. The van der Waals surface area contributed by atoms with Crippen molar-refractivity contribution in [2.75, 3.05) is 7.05 Å². The molecular formula is C56H45NS. The van der Waals surface area contributed by atoms with Crippen LogP contribution in [0.15, 0.2) is 218 Å². The highest BCUT2D eigenvalue weighted by atomic mass is 32.1. The average molecular weight is 764 g/mol. The van der Waals surface area contributed by atoms with Gasteiger partial charge in [-0.1, -0.05) is 213 Å². The van der Waals surface area contributed by atoms with Gasteiger partial charge in [0.1, 0.15) is 0 Å². The Morgan fingerprint density at radius 3 is 1.52 bits per heavy atom. The van der Waals surface area contributed by atoms with Crippen LogP contribution in [0.5, 0.6) is 0 Å². The van der Waals surface area contributed by atoms with E-state index in [0.29, 0.717) is 0 Å². The van der Waals surface area contributed by atoms with Gasteiger partial charge in [0.05, 0.1) is 6.04 Å². The molecule has 0 saturated carbocycles. The molecule has 280 valence electrons. The van der Waals surface area contributed by atoms with Crippen LogP contribution in [0.4, 0.5) is 0 Å². The molecule has 0 saturated heterocycles. The summed E-state index contributed by atoms with van der Waals surface area (Å²) in [5, 5.41) is 6.15. The lowest BCUT2D eigenvalue weighted by molar-refractivity contribution is 0.716. The van der Waals surface area contributed by atoms with Crippen molar-refractivity contribution in [3.05, 3.63) is 252 Å². The molecule has 1 N–H and O–H groups in total. The molecule has 1 nitrogen and oxygen atoms in total. The third-order valence-electron chi connectivity index (χ3n) is 11.2. The molecule has 9 aromatic rings.